The molecule has 0 atom stereocenters. The van der Waals surface area contributed by atoms with Crippen LogP contribution in [0.5, 0.6) is 0 Å². The van der Waals surface area contributed by atoms with Gasteiger partial charge in [-0.15, -0.1) is 0 Å². The fraction of sp³-hybridized carbons (Fsp3) is 0.231. The highest BCUT2D eigenvalue weighted by atomic mass is 127. The molecule has 1 aromatic heterocycles. The van der Waals surface area contributed by atoms with Gasteiger partial charge < -0.3 is 4.52 Å². The maximum absolute atomic E-state index is 12.4. The van der Waals surface area contributed by atoms with Gasteiger partial charge in [-0.1, -0.05) is 16.8 Å². The normalized spacial score (nSPS) is 14.8. The Balaban J connectivity index is 2.00. The molecule has 0 unspecified atom stereocenters. The maximum atomic E-state index is 12.4. The summed E-state index contributed by atoms with van der Waals surface area (Å²) in [6.07, 6.45) is 3.62. The van der Waals surface area contributed by atoms with Crippen LogP contribution in [0.3, 0.4) is 0 Å². The van der Waals surface area contributed by atoms with E-state index < -0.39 is 0 Å². The van der Waals surface area contributed by atoms with Gasteiger partial charge in [0.1, 0.15) is 0 Å². The van der Waals surface area contributed by atoms with Crippen LogP contribution in [-0.2, 0) is 0 Å². The van der Waals surface area contributed by atoms with Gasteiger partial charge in [-0.05, 0) is 53.6 Å². The summed E-state index contributed by atoms with van der Waals surface area (Å²) in [5.41, 5.74) is 1.04. The molecule has 1 aromatic carbocycles. The van der Waals surface area contributed by atoms with Crippen molar-refractivity contribution in [1.29, 1.82) is 0 Å². The summed E-state index contributed by atoms with van der Waals surface area (Å²) in [5.74, 6) is 0.947. The predicted octanol–water partition coefficient (Wildman–Crippen LogP) is 4.04. The standard InChI is InChI=1S/C13H9ClINO2/c14-11-5-8(15)3-4-9(11)12(17)10-6-16-18-13(10)7-1-2-7/h3-7H,1-2H2. The van der Waals surface area contributed by atoms with Crippen molar-refractivity contribution in [3.63, 3.8) is 0 Å². The highest BCUT2D eigenvalue weighted by Gasteiger charge is 2.33. The van der Waals surface area contributed by atoms with Crippen molar-refractivity contribution in [2.24, 2.45) is 0 Å². The van der Waals surface area contributed by atoms with Crippen molar-refractivity contribution in [2.45, 2.75) is 18.8 Å². The van der Waals surface area contributed by atoms with Gasteiger partial charge in [0.25, 0.3) is 0 Å². The summed E-state index contributed by atoms with van der Waals surface area (Å²) >= 11 is 8.27. The summed E-state index contributed by atoms with van der Waals surface area (Å²) in [6.45, 7) is 0. The van der Waals surface area contributed by atoms with E-state index in [1.54, 1.807) is 12.1 Å². The van der Waals surface area contributed by atoms with Crippen LogP contribution < -0.4 is 0 Å². The average molecular weight is 374 g/mol. The number of hydrogen-bond acceptors (Lipinski definition) is 3. The molecule has 1 saturated carbocycles. The molecular weight excluding hydrogens is 365 g/mol. The lowest BCUT2D eigenvalue weighted by molar-refractivity contribution is 0.103. The molecule has 0 spiro atoms. The molecule has 92 valence electrons. The average Bonchev–Trinajstić information content (AvgIpc) is 3.06. The fourth-order valence-electron chi connectivity index (χ4n) is 1.88. The van der Waals surface area contributed by atoms with Crippen molar-refractivity contribution in [2.75, 3.05) is 0 Å². The zero-order valence-electron chi connectivity index (χ0n) is 9.32. The van der Waals surface area contributed by atoms with Crippen LogP contribution >= 0.6 is 34.2 Å². The zero-order valence-corrected chi connectivity index (χ0v) is 12.2. The molecule has 0 aliphatic heterocycles. The number of rotatable bonds is 3. The van der Waals surface area contributed by atoms with E-state index in [9.17, 15) is 4.79 Å². The topological polar surface area (TPSA) is 43.1 Å². The monoisotopic (exact) mass is 373 g/mol. The Morgan fingerprint density at radius 3 is 2.83 bits per heavy atom. The third-order valence-electron chi connectivity index (χ3n) is 2.97. The van der Waals surface area contributed by atoms with Crippen molar-refractivity contribution in [3.8, 4) is 0 Å². The largest absolute Gasteiger partial charge is 0.360 e. The minimum Gasteiger partial charge on any atom is -0.360 e. The molecule has 0 radical (unpaired) electrons. The van der Waals surface area contributed by atoms with Gasteiger partial charge in [0, 0.05) is 15.1 Å². The number of carbonyl (C=O) groups is 1. The quantitative estimate of drug-likeness (QED) is 0.602. The molecule has 1 fully saturated rings. The van der Waals surface area contributed by atoms with Gasteiger partial charge in [-0.25, -0.2) is 0 Å². The first-order valence-electron chi connectivity index (χ1n) is 5.61. The molecule has 2 aromatic rings. The number of halogens is 2. The van der Waals surface area contributed by atoms with E-state index >= 15 is 0 Å². The molecule has 3 nitrogen and oxygen atoms in total. The highest BCUT2D eigenvalue weighted by molar-refractivity contribution is 14.1. The second-order valence-electron chi connectivity index (χ2n) is 4.33. The molecule has 1 aliphatic carbocycles. The van der Waals surface area contributed by atoms with E-state index in [0.29, 0.717) is 27.8 Å². The van der Waals surface area contributed by atoms with Crippen LogP contribution in [0, 0.1) is 3.57 Å². The fourth-order valence-corrected chi connectivity index (χ4v) is 2.82. The summed E-state index contributed by atoms with van der Waals surface area (Å²) in [5, 5.41) is 4.20. The molecule has 0 amide bonds. The van der Waals surface area contributed by atoms with Gasteiger partial charge in [-0.3, -0.25) is 4.79 Å². The summed E-state index contributed by atoms with van der Waals surface area (Å²) in [7, 11) is 0. The Kier molecular flexibility index (Phi) is 3.15. The molecule has 18 heavy (non-hydrogen) atoms. The van der Waals surface area contributed by atoms with Crippen LogP contribution in [0.15, 0.2) is 28.9 Å². The summed E-state index contributed by atoms with van der Waals surface area (Å²) < 4.78 is 6.18. The molecule has 0 N–H and O–H groups in total. The minimum atomic E-state index is -0.112. The lowest BCUT2D eigenvalue weighted by Crippen LogP contribution is -2.03. The lowest BCUT2D eigenvalue weighted by Gasteiger charge is -2.03. The first-order chi connectivity index (χ1) is 8.66. The molecular formula is C13H9ClINO2. The second-order valence-corrected chi connectivity index (χ2v) is 5.98. The molecule has 1 heterocycles. The van der Waals surface area contributed by atoms with E-state index in [2.05, 4.69) is 27.7 Å². The van der Waals surface area contributed by atoms with E-state index in [-0.39, 0.29) is 5.78 Å². The van der Waals surface area contributed by atoms with Crippen LogP contribution in [-0.4, -0.2) is 10.9 Å². The number of ketones is 1. The first-order valence-corrected chi connectivity index (χ1v) is 7.07. The van der Waals surface area contributed by atoms with Crippen LogP contribution in [0.25, 0.3) is 0 Å². The van der Waals surface area contributed by atoms with Gasteiger partial charge in [-0.2, -0.15) is 0 Å². The van der Waals surface area contributed by atoms with E-state index in [1.165, 1.54) is 6.20 Å². The first kappa shape index (κ1) is 12.2. The Morgan fingerprint density at radius 2 is 2.17 bits per heavy atom. The molecule has 1 aliphatic rings. The van der Waals surface area contributed by atoms with Gasteiger partial charge in [0.2, 0.25) is 0 Å². The summed E-state index contributed by atoms with van der Waals surface area (Å²) in [4.78, 5) is 12.4. The number of benzene rings is 1. The van der Waals surface area contributed by atoms with Gasteiger partial charge in [0.15, 0.2) is 11.5 Å². The number of nitrogens with zero attached hydrogens (tertiary/aromatic N) is 1. The van der Waals surface area contributed by atoms with E-state index in [1.807, 2.05) is 6.07 Å². The second kappa shape index (κ2) is 4.66. The third-order valence-corrected chi connectivity index (χ3v) is 3.95. The van der Waals surface area contributed by atoms with Crippen molar-refractivity contribution in [3.05, 3.63) is 49.9 Å². The molecule has 0 bridgehead atoms. The van der Waals surface area contributed by atoms with E-state index in [4.69, 9.17) is 16.1 Å². The third kappa shape index (κ3) is 2.19. The molecule has 5 heteroatoms. The van der Waals surface area contributed by atoms with Crippen LogP contribution in [0.4, 0.5) is 0 Å². The Labute approximate surface area is 123 Å². The Morgan fingerprint density at radius 1 is 1.39 bits per heavy atom. The van der Waals surface area contributed by atoms with Crippen molar-refractivity contribution < 1.29 is 9.32 Å². The highest BCUT2D eigenvalue weighted by Crippen LogP contribution is 2.42. The summed E-state index contributed by atoms with van der Waals surface area (Å²) in [6, 6.07) is 5.39. The molecule has 3 rings (SSSR count). The van der Waals surface area contributed by atoms with Crippen molar-refractivity contribution >= 4 is 40.0 Å². The Hall–Kier alpha value is -0.880. The van der Waals surface area contributed by atoms with Crippen molar-refractivity contribution in [1.82, 2.24) is 5.16 Å². The van der Waals surface area contributed by atoms with E-state index in [0.717, 1.165) is 16.4 Å². The van der Waals surface area contributed by atoms with Crippen LogP contribution in [0.1, 0.15) is 40.4 Å². The Bertz CT molecular complexity index is 619. The SMILES string of the molecule is O=C(c1ccc(I)cc1Cl)c1cnoc1C1CC1. The molecule has 0 saturated heterocycles. The zero-order chi connectivity index (χ0) is 12.7. The number of hydrogen-bond donors (Lipinski definition) is 0. The van der Waals surface area contributed by atoms with Gasteiger partial charge in [0.05, 0.1) is 16.8 Å². The minimum absolute atomic E-state index is 0.112. The maximum Gasteiger partial charge on any atom is 0.199 e. The lowest BCUT2D eigenvalue weighted by atomic mass is 10.0. The smallest absolute Gasteiger partial charge is 0.199 e. The van der Waals surface area contributed by atoms with Crippen LogP contribution in [0.2, 0.25) is 5.02 Å². The number of carbonyl (C=O) groups excluding carboxylic acids is 1. The predicted molar refractivity (Wildman–Crippen MR) is 76.1 cm³/mol. The number of aromatic nitrogens is 1. The van der Waals surface area contributed by atoms with Gasteiger partial charge >= 0.3 is 0 Å².